The van der Waals surface area contributed by atoms with Crippen LogP contribution in [-0.4, -0.2) is 11.0 Å². The van der Waals surface area contributed by atoms with Gasteiger partial charge in [-0.1, -0.05) is 0 Å². The van der Waals surface area contributed by atoms with E-state index in [-0.39, 0.29) is 24.8 Å². The van der Waals surface area contributed by atoms with Crippen LogP contribution in [0.1, 0.15) is 30.7 Å². The van der Waals surface area contributed by atoms with Crippen molar-refractivity contribution in [3.63, 3.8) is 0 Å². The molecule has 2 atom stereocenters. The van der Waals surface area contributed by atoms with Gasteiger partial charge in [0.2, 0.25) is 0 Å². The normalized spacial score (nSPS) is 19.1. The van der Waals surface area contributed by atoms with Crippen LogP contribution in [0.15, 0.2) is 60.7 Å². The molecule has 0 fully saturated rings. The second-order valence-corrected chi connectivity index (χ2v) is 27.1. The van der Waals surface area contributed by atoms with E-state index in [1.807, 2.05) is 0 Å². The van der Waals surface area contributed by atoms with Crippen molar-refractivity contribution in [1.82, 2.24) is 0 Å². The molecule has 24 heavy (non-hydrogen) atoms. The molecule has 0 radical (unpaired) electrons. The summed E-state index contributed by atoms with van der Waals surface area (Å²) in [6.45, 7) is 0. The zero-order valence-electron chi connectivity index (χ0n) is 13.9. The van der Waals surface area contributed by atoms with E-state index in [2.05, 4.69) is 84.3 Å². The van der Waals surface area contributed by atoms with E-state index in [1.54, 1.807) is 11.1 Å². The average molecular weight is 454 g/mol. The van der Waals surface area contributed by atoms with Gasteiger partial charge in [0.05, 0.1) is 0 Å². The van der Waals surface area contributed by atoms with Gasteiger partial charge in [0.25, 0.3) is 0 Å². The second-order valence-electron chi connectivity index (χ2n) is 6.39. The Hall–Kier alpha value is -0.243. The molecule has 2 aromatic carbocycles. The minimum atomic E-state index is -1.23. The monoisotopic (exact) mass is 454 g/mol. The molecule has 0 spiro atoms. The Labute approximate surface area is 164 Å². The van der Waals surface area contributed by atoms with Gasteiger partial charge in [-0.05, 0) is 0 Å². The first-order valence-electron chi connectivity index (χ1n) is 7.97. The fourth-order valence-electron chi connectivity index (χ4n) is 3.86. The van der Waals surface area contributed by atoms with Crippen LogP contribution >= 0.6 is 24.8 Å². The summed E-state index contributed by atoms with van der Waals surface area (Å²) in [7, 11) is -0.936. The third-order valence-electron chi connectivity index (χ3n) is 4.85. The molecule has 2 aliphatic carbocycles. The molecule has 2 aliphatic rings. The third kappa shape index (κ3) is 3.50. The van der Waals surface area contributed by atoms with Crippen LogP contribution in [0.25, 0.3) is 12.2 Å². The molecule has 2 unspecified atom stereocenters. The quantitative estimate of drug-likeness (QED) is 0.472. The number of fused-ring (bicyclic) bond motifs is 2. The van der Waals surface area contributed by atoms with E-state index in [9.17, 15) is 0 Å². The summed E-state index contributed by atoms with van der Waals surface area (Å²) in [5.41, 5.74) is 6.16. The number of benzene rings is 2. The Morgan fingerprint density at radius 2 is 1.12 bits per heavy atom. The molecule has 0 saturated carbocycles. The Kier molecular flexibility index (Phi) is 7.05. The Bertz CT molecular complexity index is 772. The molecule has 0 aliphatic heterocycles. The fraction of sp³-hybridized carbons (Fsp3) is 0.200. The molecule has 0 N–H and O–H groups in total. The van der Waals surface area contributed by atoms with E-state index in [4.69, 9.17) is 0 Å². The number of hydrogen-bond donors (Lipinski definition) is 0. The van der Waals surface area contributed by atoms with Crippen molar-refractivity contribution in [3.8, 4) is 0 Å². The van der Waals surface area contributed by atoms with Crippen molar-refractivity contribution in [2.24, 2.45) is 0 Å². The topological polar surface area (TPSA) is 0 Å². The van der Waals surface area contributed by atoms with Crippen molar-refractivity contribution in [2.75, 3.05) is 0 Å². The van der Waals surface area contributed by atoms with Crippen LogP contribution < -0.4 is 0 Å². The number of rotatable bonds is 2. The fourth-order valence-corrected chi connectivity index (χ4v) is 24.3. The van der Waals surface area contributed by atoms with Crippen LogP contribution in [0.2, 0.25) is 11.5 Å². The second kappa shape index (κ2) is 8.43. The van der Waals surface area contributed by atoms with Gasteiger partial charge in [0.15, 0.2) is 0 Å². The molecule has 0 nitrogen and oxygen atoms in total. The van der Waals surface area contributed by atoms with Gasteiger partial charge in [0.1, 0.15) is 0 Å². The first-order chi connectivity index (χ1) is 10.8. The van der Waals surface area contributed by atoms with Crippen LogP contribution in [0.3, 0.4) is 0 Å². The van der Waals surface area contributed by atoms with E-state index in [0.29, 0.717) is 0 Å². The summed E-state index contributed by atoms with van der Waals surface area (Å²) < 4.78 is 1.53. The van der Waals surface area contributed by atoms with E-state index < -0.39 is 26.0 Å². The van der Waals surface area contributed by atoms with Crippen LogP contribution in [-0.2, 0) is 15.1 Å². The standard InChI is InChI=1S/2C9H7.C2H6Ge.2ClH.Ti/c2*1-2-5-9-7-3-6-8(9)4-1;1-3-2;;;/h2*1-7H;1-2H3;2*1H;. The van der Waals surface area contributed by atoms with Gasteiger partial charge in [-0.2, -0.15) is 0 Å². The first-order valence-corrected chi connectivity index (χ1v) is 19.1. The van der Waals surface area contributed by atoms with Crippen molar-refractivity contribution in [1.29, 1.82) is 0 Å². The van der Waals surface area contributed by atoms with Crippen molar-refractivity contribution in [2.45, 2.75) is 20.0 Å². The molecular formula is C20H22Cl2GeTi. The molecule has 0 bridgehead atoms. The number of halogens is 2. The van der Waals surface area contributed by atoms with Gasteiger partial charge in [-0.25, -0.2) is 0 Å². The molecule has 4 rings (SSSR count). The molecule has 0 heterocycles. The van der Waals surface area contributed by atoms with E-state index in [0.717, 1.165) is 8.45 Å². The Balaban J connectivity index is 0.00000104. The van der Waals surface area contributed by atoms with Crippen LogP contribution in [0.4, 0.5) is 0 Å². The van der Waals surface area contributed by atoms with Crippen LogP contribution in [0.5, 0.6) is 0 Å². The summed E-state index contributed by atoms with van der Waals surface area (Å²) in [4.78, 5) is 0. The van der Waals surface area contributed by atoms with Gasteiger partial charge in [-0.3, -0.25) is 0 Å². The maximum atomic E-state index is 2.61. The summed E-state index contributed by atoms with van der Waals surface area (Å²) in [5.74, 6) is 5.22. The molecule has 2 aromatic rings. The summed E-state index contributed by atoms with van der Waals surface area (Å²) in [6.07, 6.45) is 9.82. The molecular weight excluding hydrogens is 432 g/mol. The number of allylic oxidation sites excluding steroid dienone is 2. The predicted molar refractivity (Wildman–Crippen MR) is 108 cm³/mol. The first kappa shape index (κ1) is 20.1. The molecule has 0 saturated heterocycles. The summed E-state index contributed by atoms with van der Waals surface area (Å²) in [6, 6.07) is 18.1. The molecule has 4 heteroatoms. The van der Waals surface area contributed by atoms with Gasteiger partial charge in [0, 0.05) is 0 Å². The average Bonchev–Trinajstić information content (AvgIpc) is 3.13. The van der Waals surface area contributed by atoms with Gasteiger partial charge >= 0.3 is 141 Å². The Morgan fingerprint density at radius 3 is 1.54 bits per heavy atom. The van der Waals surface area contributed by atoms with Crippen molar-refractivity contribution in [3.05, 3.63) is 82.9 Å². The SMILES string of the molecule is Cl.Cl.[CH3][Ge]([CH3])=[Ti]([CH]1C=Cc2ccccc21)[CH]1C=Cc2ccccc21. The zero-order chi connectivity index (χ0) is 15.1. The van der Waals surface area contributed by atoms with Gasteiger partial charge < -0.3 is 0 Å². The van der Waals surface area contributed by atoms with Crippen molar-refractivity contribution >= 4 is 47.9 Å². The van der Waals surface area contributed by atoms with Crippen molar-refractivity contribution < 1.29 is 15.1 Å². The molecule has 124 valence electrons. The molecule has 0 aromatic heterocycles. The van der Waals surface area contributed by atoms with Crippen LogP contribution in [0, 0.1) is 0 Å². The zero-order valence-corrected chi connectivity index (χ0v) is 19.2. The van der Waals surface area contributed by atoms with Gasteiger partial charge in [-0.15, -0.1) is 24.8 Å². The van der Waals surface area contributed by atoms with E-state index >= 15 is 0 Å². The number of hydrogen-bond acceptors (Lipinski definition) is 0. The van der Waals surface area contributed by atoms with E-state index in [1.165, 1.54) is 11.1 Å². The Morgan fingerprint density at radius 1 is 0.708 bits per heavy atom. The summed E-state index contributed by atoms with van der Waals surface area (Å²) >= 11 is -1.23. The molecule has 0 amide bonds. The minimum absolute atomic E-state index is 0. The third-order valence-corrected chi connectivity index (χ3v) is 25.7. The maximum absolute atomic E-state index is 2.61. The summed E-state index contributed by atoms with van der Waals surface area (Å²) in [5, 5.41) is 0. The predicted octanol–water partition coefficient (Wildman–Crippen LogP) is 6.24.